The molecular weight excluding hydrogens is 564 g/mol. The van der Waals surface area contributed by atoms with Crippen LogP contribution in [-0.4, -0.2) is 48.7 Å². The number of allylic oxidation sites excluding steroid dienone is 3. The van der Waals surface area contributed by atoms with E-state index in [1.165, 1.54) is 26.8 Å². The van der Waals surface area contributed by atoms with Crippen LogP contribution in [0.4, 0.5) is 0 Å². The van der Waals surface area contributed by atoms with E-state index in [-0.39, 0.29) is 5.92 Å². The number of carbonyl (C=O) groups excluding carboxylic acids is 4. The molecule has 3 aliphatic rings. The minimum absolute atomic E-state index is 0.00836. The second-order valence-corrected chi connectivity index (χ2v) is 12.2. The van der Waals surface area contributed by atoms with E-state index in [0.717, 1.165) is 11.1 Å². The predicted molar refractivity (Wildman–Crippen MR) is 162 cm³/mol. The minimum Gasteiger partial charge on any atom is -0.458 e. The summed E-state index contributed by atoms with van der Waals surface area (Å²) in [7, 11) is 0. The van der Waals surface area contributed by atoms with Crippen molar-refractivity contribution in [2.24, 2.45) is 22.7 Å². The highest BCUT2D eigenvalue weighted by molar-refractivity contribution is 5.87. The Morgan fingerprint density at radius 1 is 0.955 bits per heavy atom. The maximum absolute atomic E-state index is 13.4. The molecule has 0 radical (unpaired) electrons. The molecule has 236 valence electrons. The average Bonchev–Trinajstić information content (AvgIpc) is 3.25. The van der Waals surface area contributed by atoms with E-state index in [4.69, 9.17) is 23.7 Å². The van der Waals surface area contributed by atoms with E-state index in [0.29, 0.717) is 24.8 Å². The van der Waals surface area contributed by atoms with Gasteiger partial charge in [0.1, 0.15) is 17.6 Å². The van der Waals surface area contributed by atoms with E-state index in [1.54, 1.807) is 18.2 Å². The third-order valence-electron chi connectivity index (χ3n) is 9.34. The topological polar surface area (TPSA) is 114 Å². The standard InChI is InChI=1S/C35H42O9/c1-8-21(2)16-17-34(7)22(3)18-30(43-31(39)15-14-26-12-10-9-11-13-26)35-28(19-27(20-29(34)35)40-23(4)36)32(41-24(5)37)44-33(35)42-25(6)38/h8-16,19,22,27,29-30,32-33H,1,17-18,20H2,2-7H3. The maximum Gasteiger partial charge on any atom is 0.331 e. The molecule has 2 aliphatic carbocycles. The van der Waals surface area contributed by atoms with Gasteiger partial charge in [-0.15, -0.1) is 0 Å². The van der Waals surface area contributed by atoms with Crippen LogP contribution < -0.4 is 0 Å². The lowest BCUT2D eigenvalue weighted by atomic mass is 9.45. The molecule has 0 N–H and O–H groups in total. The highest BCUT2D eigenvalue weighted by atomic mass is 16.8. The molecule has 1 spiro atoms. The summed E-state index contributed by atoms with van der Waals surface area (Å²) in [5.74, 6) is -2.69. The Labute approximate surface area is 258 Å². The van der Waals surface area contributed by atoms with E-state index >= 15 is 0 Å². The van der Waals surface area contributed by atoms with Crippen molar-refractivity contribution in [2.75, 3.05) is 0 Å². The van der Waals surface area contributed by atoms with Crippen LogP contribution in [-0.2, 0) is 42.9 Å². The van der Waals surface area contributed by atoms with Gasteiger partial charge < -0.3 is 18.9 Å². The van der Waals surface area contributed by atoms with Gasteiger partial charge in [0.05, 0.1) is 0 Å². The first-order chi connectivity index (χ1) is 20.8. The van der Waals surface area contributed by atoms with Gasteiger partial charge in [-0.1, -0.05) is 68.5 Å². The number of hydrogen-bond acceptors (Lipinski definition) is 9. The van der Waals surface area contributed by atoms with Crippen molar-refractivity contribution in [1.29, 1.82) is 0 Å². The Morgan fingerprint density at radius 3 is 2.23 bits per heavy atom. The van der Waals surface area contributed by atoms with E-state index < -0.39 is 65.4 Å². The van der Waals surface area contributed by atoms with Gasteiger partial charge >= 0.3 is 23.9 Å². The lowest BCUT2D eigenvalue weighted by Gasteiger charge is -2.60. The largest absolute Gasteiger partial charge is 0.458 e. The second-order valence-electron chi connectivity index (χ2n) is 12.2. The summed E-state index contributed by atoms with van der Waals surface area (Å²) >= 11 is 0. The number of benzene rings is 1. The SMILES string of the molecule is C=CC(C)=CCC1(C)C(C)CC(OC(=O)C=Cc2ccccc2)C23C(=CC(OC(C)=O)CC12)C(OC(C)=O)OC3OC(C)=O. The first-order valence-electron chi connectivity index (χ1n) is 14.9. The molecule has 44 heavy (non-hydrogen) atoms. The third-order valence-corrected chi connectivity index (χ3v) is 9.34. The lowest BCUT2D eigenvalue weighted by molar-refractivity contribution is -0.256. The van der Waals surface area contributed by atoms with Gasteiger partial charge in [0.15, 0.2) is 0 Å². The number of carbonyl (C=O) groups is 4. The summed E-state index contributed by atoms with van der Waals surface area (Å²) in [6.07, 6.45) is 5.97. The summed E-state index contributed by atoms with van der Waals surface area (Å²) in [4.78, 5) is 50.4. The van der Waals surface area contributed by atoms with Crippen LogP contribution in [0.3, 0.4) is 0 Å². The number of esters is 4. The van der Waals surface area contributed by atoms with Gasteiger partial charge in [0, 0.05) is 32.4 Å². The van der Waals surface area contributed by atoms with E-state index in [9.17, 15) is 19.2 Å². The van der Waals surface area contributed by atoms with Gasteiger partial charge in [-0.25, -0.2) is 4.79 Å². The highest BCUT2D eigenvalue weighted by Gasteiger charge is 2.72. The molecule has 9 heteroatoms. The van der Waals surface area contributed by atoms with Crippen molar-refractivity contribution >= 4 is 30.0 Å². The Kier molecular flexibility index (Phi) is 9.98. The fourth-order valence-electron chi connectivity index (χ4n) is 7.10. The summed E-state index contributed by atoms with van der Waals surface area (Å²) in [5.41, 5.74) is 0.545. The van der Waals surface area contributed by atoms with Crippen molar-refractivity contribution in [3.63, 3.8) is 0 Å². The molecule has 9 nitrogen and oxygen atoms in total. The summed E-state index contributed by atoms with van der Waals surface area (Å²) in [6.45, 7) is 13.9. The summed E-state index contributed by atoms with van der Waals surface area (Å²) < 4.78 is 29.7. The Balaban J connectivity index is 1.90. The molecule has 2 fully saturated rings. The Bertz CT molecular complexity index is 1380. The highest BCUT2D eigenvalue weighted by Crippen LogP contribution is 2.67. The van der Waals surface area contributed by atoms with Crippen molar-refractivity contribution in [3.8, 4) is 0 Å². The fraction of sp³-hybridized carbons (Fsp3) is 0.486. The van der Waals surface area contributed by atoms with Crippen molar-refractivity contribution < 1.29 is 42.9 Å². The van der Waals surface area contributed by atoms with Crippen LogP contribution >= 0.6 is 0 Å². The molecule has 1 saturated heterocycles. The van der Waals surface area contributed by atoms with Gasteiger partial charge in [0.25, 0.3) is 0 Å². The molecule has 0 aromatic heterocycles. The first kappa shape index (κ1) is 32.9. The molecule has 4 rings (SSSR count). The number of hydrogen-bond donors (Lipinski definition) is 0. The van der Waals surface area contributed by atoms with Crippen LogP contribution in [0, 0.1) is 22.7 Å². The van der Waals surface area contributed by atoms with Crippen molar-refractivity contribution in [1.82, 2.24) is 0 Å². The van der Waals surface area contributed by atoms with Crippen LogP contribution in [0.5, 0.6) is 0 Å². The fourth-order valence-corrected chi connectivity index (χ4v) is 7.10. The van der Waals surface area contributed by atoms with Crippen LogP contribution in [0.1, 0.15) is 66.4 Å². The zero-order valence-electron chi connectivity index (χ0n) is 26.2. The molecule has 1 aromatic carbocycles. The number of ether oxygens (including phenoxy) is 5. The third kappa shape index (κ3) is 6.58. The molecule has 1 aliphatic heterocycles. The maximum atomic E-state index is 13.4. The minimum atomic E-state index is -1.25. The Morgan fingerprint density at radius 2 is 1.61 bits per heavy atom. The molecule has 1 saturated carbocycles. The van der Waals surface area contributed by atoms with Gasteiger partial charge in [-0.2, -0.15) is 0 Å². The molecule has 1 heterocycles. The van der Waals surface area contributed by atoms with Gasteiger partial charge in [0.2, 0.25) is 12.6 Å². The zero-order valence-corrected chi connectivity index (χ0v) is 26.2. The van der Waals surface area contributed by atoms with Crippen molar-refractivity contribution in [3.05, 3.63) is 77.9 Å². The Hall–Kier alpha value is -3.98. The molecule has 1 aromatic rings. The average molecular weight is 607 g/mol. The van der Waals surface area contributed by atoms with Gasteiger partial charge in [-0.05, 0) is 61.2 Å². The van der Waals surface area contributed by atoms with E-state index in [1.807, 2.05) is 37.3 Å². The summed E-state index contributed by atoms with van der Waals surface area (Å²) in [6, 6.07) is 9.36. The number of rotatable bonds is 9. The second kappa shape index (κ2) is 13.3. The molecule has 0 amide bonds. The zero-order chi connectivity index (χ0) is 32.2. The monoisotopic (exact) mass is 606 g/mol. The normalized spacial score (nSPS) is 33.0. The van der Waals surface area contributed by atoms with E-state index in [2.05, 4.69) is 26.5 Å². The quantitative estimate of drug-likeness (QED) is 0.112. The summed E-state index contributed by atoms with van der Waals surface area (Å²) in [5, 5.41) is 0. The van der Waals surface area contributed by atoms with Crippen LogP contribution in [0.15, 0.2) is 72.4 Å². The molecule has 8 unspecified atom stereocenters. The first-order valence-corrected chi connectivity index (χ1v) is 14.9. The van der Waals surface area contributed by atoms with Gasteiger partial charge in [-0.3, -0.25) is 19.1 Å². The predicted octanol–water partition coefficient (Wildman–Crippen LogP) is 5.85. The van der Waals surface area contributed by atoms with Crippen LogP contribution in [0.25, 0.3) is 6.08 Å². The molecule has 0 bridgehead atoms. The van der Waals surface area contributed by atoms with Crippen LogP contribution in [0.2, 0.25) is 0 Å². The van der Waals surface area contributed by atoms with Crippen molar-refractivity contribution in [2.45, 2.75) is 85.6 Å². The smallest absolute Gasteiger partial charge is 0.331 e. The molecule has 8 atom stereocenters. The molecular formula is C35H42O9. The lowest BCUT2D eigenvalue weighted by Crippen LogP contribution is -2.64.